The molecule has 1 aromatic heterocycles. The van der Waals surface area contributed by atoms with Crippen LogP contribution in [0.1, 0.15) is 0 Å². The van der Waals surface area contributed by atoms with E-state index in [1.807, 2.05) is 24.3 Å². The van der Waals surface area contributed by atoms with Gasteiger partial charge in [-0.05, 0) is 48.5 Å². The molecule has 0 radical (unpaired) electrons. The molecule has 156 valence electrons. The predicted octanol–water partition coefficient (Wildman–Crippen LogP) is 4.83. The van der Waals surface area contributed by atoms with Crippen LogP contribution in [-0.2, 0) is 14.8 Å². The van der Waals surface area contributed by atoms with Crippen molar-refractivity contribution in [3.8, 4) is 0 Å². The molecule has 0 saturated carbocycles. The van der Waals surface area contributed by atoms with Gasteiger partial charge in [-0.2, -0.15) is 0 Å². The molecule has 1 amide bonds. The Morgan fingerprint density at radius 1 is 0.903 bits per heavy atom. The zero-order valence-electron chi connectivity index (χ0n) is 16.3. The molecule has 1 heterocycles. The topological polar surface area (TPSA) is 79.4 Å². The molecule has 0 saturated heterocycles. The van der Waals surface area contributed by atoms with Crippen molar-refractivity contribution in [2.24, 2.45) is 0 Å². The largest absolute Gasteiger partial charge is 0.323 e. The van der Waals surface area contributed by atoms with Crippen LogP contribution in [0.4, 0.5) is 11.4 Å². The van der Waals surface area contributed by atoms with Crippen molar-refractivity contribution < 1.29 is 13.2 Å². The van der Waals surface area contributed by atoms with Crippen LogP contribution in [0, 0.1) is 0 Å². The number of nitrogens with one attached hydrogen (secondary N) is 1. The van der Waals surface area contributed by atoms with Crippen LogP contribution in [0.25, 0.3) is 10.9 Å². The molecule has 6 nitrogen and oxygen atoms in total. The number of hydrogen-bond acceptors (Lipinski definition) is 4. The fraction of sp³-hybridized carbons (Fsp3) is 0.0435. The van der Waals surface area contributed by atoms with Gasteiger partial charge in [0.2, 0.25) is 5.91 Å². The normalized spacial score (nSPS) is 11.3. The van der Waals surface area contributed by atoms with Crippen LogP contribution >= 0.6 is 15.9 Å². The molecule has 31 heavy (non-hydrogen) atoms. The SMILES string of the molecule is O=C(CN(c1ccc(Br)cc1)S(=O)(=O)c1ccccc1)Nc1cccc2cccnc12. The monoisotopic (exact) mass is 495 g/mol. The molecule has 4 rings (SSSR count). The van der Waals surface area contributed by atoms with Crippen LogP contribution in [0.5, 0.6) is 0 Å². The standard InChI is InChI=1S/C23H18BrN3O3S/c24-18-11-13-19(14-12-18)27(31(29,30)20-8-2-1-3-9-20)16-22(28)26-21-10-4-6-17-7-5-15-25-23(17)21/h1-15H,16H2,(H,26,28). The number of amides is 1. The minimum absolute atomic E-state index is 0.109. The van der Waals surface area contributed by atoms with E-state index >= 15 is 0 Å². The number of para-hydroxylation sites is 1. The minimum atomic E-state index is -3.96. The second-order valence-corrected chi connectivity index (χ2v) is 9.51. The van der Waals surface area contributed by atoms with E-state index in [2.05, 4.69) is 26.2 Å². The van der Waals surface area contributed by atoms with Crippen molar-refractivity contribution >= 4 is 54.1 Å². The predicted molar refractivity (Wildman–Crippen MR) is 125 cm³/mol. The summed E-state index contributed by atoms with van der Waals surface area (Å²) in [5, 5.41) is 3.68. The highest BCUT2D eigenvalue weighted by atomic mass is 79.9. The highest BCUT2D eigenvalue weighted by Gasteiger charge is 2.27. The summed E-state index contributed by atoms with van der Waals surface area (Å²) in [4.78, 5) is 17.4. The fourth-order valence-electron chi connectivity index (χ4n) is 3.17. The quantitative estimate of drug-likeness (QED) is 0.415. The van der Waals surface area contributed by atoms with E-state index in [1.54, 1.807) is 54.7 Å². The Hall–Kier alpha value is -3.23. The first-order valence-electron chi connectivity index (χ1n) is 9.42. The Kier molecular flexibility index (Phi) is 6.01. The molecule has 0 aliphatic heterocycles. The number of halogens is 1. The number of aromatic nitrogens is 1. The van der Waals surface area contributed by atoms with Gasteiger partial charge in [-0.1, -0.05) is 52.3 Å². The van der Waals surface area contributed by atoms with Gasteiger partial charge in [-0.3, -0.25) is 14.1 Å². The van der Waals surface area contributed by atoms with E-state index in [0.29, 0.717) is 16.9 Å². The number of carbonyl (C=O) groups is 1. The van der Waals surface area contributed by atoms with Gasteiger partial charge in [-0.15, -0.1) is 0 Å². The first-order chi connectivity index (χ1) is 14.9. The lowest BCUT2D eigenvalue weighted by Crippen LogP contribution is -2.38. The number of benzene rings is 3. The molecule has 1 N–H and O–H groups in total. The molecule has 0 spiro atoms. The van der Waals surface area contributed by atoms with Crippen LogP contribution in [0.3, 0.4) is 0 Å². The molecule has 0 fully saturated rings. The third kappa shape index (κ3) is 4.60. The minimum Gasteiger partial charge on any atom is -0.323 e. The smallest absolute Gasteiger partial charge is 0.264 e. The number of sulfonamides is 1. The van der Waals surface area contributed by atoms with Gasteiger partial charge in [0.25, 0.3) is 10.0 Å². The highest BCUT2D eigenvalue weighted by Crippen LogP contribution is 2.26. The number of hydrogen-bond donors (Lipinski definition) is 1. The van der Waals surface area contributed by atoms with Crippen LogP contribution < -0.4 is 9.62 Å². The van der Waals surface area contributed by atoms with Crippen molar-refractivity contribution in [1.29, 1.82) is 0 Å². The molecule has 0 unspecified atom stereocenters. The summed E-state index contributed by atoms with van der Waals surface area (Å²) >= 11 is 3.35. The fourth-order valence-corrected chi connectivity index (χ4v) is 4.87. The Bertz CT molecular complexity index is 1320. The molecule has 0 atom stereocenters. The first-order valence-corrected chi connectivity index (χ1v) is 11.7. The third-order valence-electron chi connectivity index (χ3n) is 4.64. The number of carbonyl (C=O) groups excluding carboxylic acids is 1. The van der Waals surface area contributed by atoms with Gasteiger partial charge >= 0.3 is 0 Å². The summed E-state index contributed by atoms with van der Waals surface area (Å²) in [6, 6.07) is 24.0. The maximum atomic E-state index is 13.3. The van der Waals surface area contributed by atoms with Gasteiger partial charge in [0, 0.05) is 16.1 Å². The van der Waals surface area contributed by atoms with Crippen LogP contribution in [0.2, 0.25) is 0 Å². The zero-order valence-corrected chi connectivity index (χ0v) is 18.7. The number of fused-ring (bicyclic) bond motifs is 1. The van der Waals surface area contributed by atoms with E-state index in [0.717, 1.165) is 14.2 Å². The molecular formula is C23H18BrN3O3S. The molecular weight excluding hydrogens is 478 g/mol. The van der Waals surface area contributed by atoms with Gasteiger partial charge < -0.3 is 5.32 Å². The summed E-state index contributed by atoms with van der Waals surface area (Å²) < 4.78 is 28.6. The third-order valence-corrected chi connectivity index (χ3v) is 6.96. The highest BCUT2D eigenvalue weighted by molar-refractivity contribution is 9.10. The lowest BCUT2D eigenvalue weighted by Gasteiger charge is -2.24. The lowest BCUT2D eigenvalue weighted by atomic mass is 10.2. The van der Waals surface area contributed by atoms with E-state index in [1.165, 1.54) is 12.1 Å². The van der Waals surface area contributed by atoms with Crippen molar-refractivity contribution in [3.05, 3.63) is 95.6 Å². The Morgan fingerprint density at radius 3 is 2.35 bits per heavy atom. The average molecular weight is 496 g/mol. The van der Waals surface area contributed by atoms with Gasteiger partial charge in [-0.25, -0.2) is 8.42 Å². The van der Waals surface area contributed by atoms with Crippen LogP contribution in [0.15, 0.2) is 100 Å². The number of anilines is 2. The van der Waals surface area contributed by atoms with E-state index in [4.69, 9.17) is 0 Å². The molecule has 0 aliphatic carbocycles. The molecule has 3 aromatic carbocycles. The second-order valence-electron chi connectivity index (χ2n) is 6.73. The zero-order chi connectivity index (χ0) is 21.8. The lowest BCUT2D eigenvalue weighted by molar-refractivity contribution is -0.114. The summed E-state index contributed by atoms with van der Waals surface area (Å²) in [5.74, 6) is -0.472. The Morgan fingerprint density at radius 2 is 1.61 bits per heavy atom. The maximum absolute atomic E-state index is 13.3. The van der Waals surface area contributed by atoms with Gasteiger partial charge in [0.15, 0.2) is 0 Å². The summed E-state index contributed by atoms with van der Waals surface area (Å²) in [6.45, 7) is -0.387. The van der Waals surface area contributed by atoms with E-state index in [9.17, 15) is 13.2 Å². The molecule has 8 heteroatoms. The average Bonchev–Trinajstić information content (AvgIpc) is 2.79. The first kappa shape index (κ1) is 21.0. The summed E-state index contributed by atoms with van der Waals surface area (Å²) in [5.41, 5.74) is 1.55. The van der Waals surface area contributed by atoms with Gasteiger partial charge in [0.1, 0.15) is 6.54 Å². The molecule has 0 bridgehead atoms. The second kappa shape index (κ2) is 8.87. The van der Waals surface area contributed by atoms with Gasteiger partial charge in [0.05, 0.1) is 21.8 Å². The summed E-state index contributed by atoms with van der Waals surface area (Å²) in [7, 11) is -3.96. The molecule has 0 aliphatic rings. The van der Waals surface area contributed by atoms with Crippen molar-refractivity contribution in [1.82, 2.24) is 4.98 Å². The summed E-state index contributed by atoms with van der Waals surface area (Å²) in [6.07, 6.45) is 1.64. The Labute approximate surface area is 188 Å². The van der Waals surface area contributed by atoms with Crippen molar-refractivity contribution in [3.63, 3.8) is 0 Å². The number of nitrogens with zero attached hydrogens (tertiary/aromatic N) is 2. The number of pyridine rings is 1. The van der Waals surface area contributed by atoms with Crippen molar-refractivity contribution in [2.45, 2.75) is 4.90 Å². The molecule has 4 aromatic rings. The Balaban J connectivity index is 1.67. The van der Waals surface area contributed by atoms with Crippen molar-refractivity contribution in [2.75, 3.05) is 16.2 Å². The number of rotatable bonds is 6. The van der Waals surface area contributed by atoms with E-state index in [-0.39, 0.29) is 11.4 Å². The van der Waals surface area contributed by atoms with E-state index < -0.39 is 15.9 Å². The maximum Gasteiger partial charge on any atom is 0.264 e. The van der Waals surface area contributed by atoms with Crippen LogP contribution in [-0.4, -0.2) is 25.9 Å².